The topological polar surface area (TPSA) is 67.4 Å². The maximum Gasteiger partial charge on any atom is 0.338 e. The summed E-state index contributed by atoms with van der Waals surface area (Å²) >= 11 is 6.06. The van der Waals surface area contributed by atoms with E-state index in [1.165, 1.54) is 0 Å². The van der Waals surface area contributed by atoms with Crippen molar-refractivity contribution in [1.82, 2.24) is 10.6 Å². The van der Waals surface area contributed by atoms with Gasteiger partial charge in [-0.2, -0.15) is 0 Å². The van der Waals surface area contributed by atoms with Crippen LogP contribution in [0.2, 0.25) is 5.02 Å². The van der Waals surface area contributed by atoms with Crippen molar-refractivity contribution in [2.45, 2.75) is 26.5 Å². The van der Waals surface area contributed by atoms with Crippen LogP contribution in [-0.2, 0) is 16.1 Å². The molecule has 6 heteroatoms. The number of amides is 2. The first-order chi connectivity index (χ1) is 12.4. The van der Waals surface area contributed by atoms with Gasteiger partial charge in [-0.3, -0.25) is 0 Å². The van der Waals surface area contributed by atoms with Crippen molar-refractivity contribution in [3.63, 3.8) is 0 Å². The van der Waals surface area contributed by atoms with Gasteiger partial charge in [-0.25, -0.2) is 9.59 Å². The first-order valence-electron chi connectivity index (χ1n) is 8.20. The lowest BCUT2D eigenvalue weighted by atomic mass is 9.95. The fourth-order valence-electron chi connectivity index (χ4n) is 2.81. The minimum absolute atomic E-state index is 0.159. The van der Waals surface area contributed by atoms with Crippen molar-refractivity contribution in [3.05, 3.63) is 81.5 Å². The molecule has 0 spiro atoms. The molecule has 0 radical (unpaired) electrons. The van der Waals surface area contributed by atoms with Crippen molar-refractivity contribution in [3.8, 4) is 0 Å². The van der Waals surface area contributed by atoms with E-state index in [9.17, 15) is 9.59 Å². The molecule has 2 N–H and O–H groups in total. The van der Waals surface area contributed by atoms with Crippen molar-refractivity contribution in [1.29, 1.82) is 0 Å². The van der Waals surface area contributed by atoms with Crippen molar-refractivity contribution in [2.75, 3.05) is 0 Å². The highest BCUT2D eigenvalue weighted by molar-refractivity contribution is 6.30. The molecule has 2 amide bonds. The predicted molar refractivity (Wildman–Crippen MR) is 99.5 cm³/mol. The number of carbonyl (C=O) groups is 2. The number of allylic oxidation sites excluding steroid dienone is 1. The number of urea groups is 1. The number of aryl methyl sites for hydroxylation is 1. The summed E-state index contributed by atoms with van der Waals surface area (Å²) in [5.74, 6) is -0.486. The summed E-state index contributed by atoms with van der Waals surface area (Å²) in [4.78, 5) is 24.6. The number of ether oxygens (including phenoxy) is 1. The van der Waals surface area contributed by atoms with Gasteiger partial charge in [0.15, 0.2) is 0 Å². The minimum atomic E-state index is -0.618. The molecule has 2 aromatic rings. The van der Waals surface area contributed by atoms with Gasteiger partial charge in [-0.15, -0.1) is 0 Å². The molecule has 0 aliphatic carbocycles. The Bertz CT molecular complexity index is 875. The van der Waals surface area contributed by atoms with Crippen molar-refractivity contribution < 1.29 is 14.3 Å². The Labute approximate surface area is 157 Å². The zero-order valence-corrected chi connectivity index (χ0v) is 15.3. The molecular weight excluding hydrogens is 352 g/mol. The SMILES string of the molecule is CC1=C(C(=O)OCc2ccc(C)cc2)[C@H](c2cccc(Cl)c2)NC(=O)N1. The Morgan fingerprint density at radius 1 is 1.15 bits per heavy atom. The van der Waals surface area contributed by atoms with Gasteiger partial charge in [0.25, 0.3) is 0 Å². The van der Waals surface area contributed by atoms with Crippen LogP contribution in [0.4, 0.5) is 4.79 Å². The normalized spacial score (nSPS) is 16.7. The number of carbonyl (C=O) groups excluding carboxylic acids is 2. The second-order valence-corrected chi connectivity index (χ2v) is 6.62. The average molecular weight is 371 g/mol. The summed E-state index contributed by atoms with van der Waals surface area (Å²) in [6.45, 7) is 3.83. The van der Waals surface area contributed by atoms with Crippen LogP contribution >= 0.6 is 11.6 Å². The summed E-state index contributed by atoms with van der Waals surface area (Å²) in [7, 11) is 0. The summed E-state index contributed by atoms with van der Waals surface area (Å²) in [5, 5.41) is 5.91. The third-order valence-corrected chi connectivity index (χ3v) is 4.40. The number of nitrogens with one attached hydrogen (secondary N) is 2. The molecule has 0 aromatic heterocycles. The fourth-order valence-corrected chi connectivity index (χ4v) is 3.01. The second-order valence-electron chi connectivity index (χ2n) is 6.19. The molecule has 1 aliphatic rings. The predicted octanol–water partition coefficient (Wildman–Crippen LogP) is 4.02. The number of benzene rings is 2. The van der Waals surface area contributed by atoms with E-state index < -0.39 is 12.0 Å². The summed E-state index contributed by atoms with van der Waals surface area (Å²) in [6.07, 6.45) is 0. The van der Waals surface area contributed by atoms with E-state index in [0.29, 0.717) is 21.9 Å². The molecule has 1 atom stereocenters. The third-order valence-electron chi connectivity index (χ3n) is 4.16. The Balaban J connectivity index is 1.83. The fraction of sp³-hybridized carbons (Fsp3) is 0.200. The Hall–Kier alpha value is -2.79. The van der Waals surface area contributed by atoms with Crippen LogP contribution in [-0.4, -0.2) is 12.0 Å². The quantitative estimate of drug-likeness (QED) is 0.799. The maximum atomic E-state index is 12.7. The summed E-state index contributed by atoms with van der Waals surface area (Å²) in [6, 6.07) is 13.8. The molecule has 0 fully saturated rings. The molecule has 134 valence electrons. The first kappa shape index (κ1) is 18.0. The lowest BCUT2D eigenvalue weighted by Gasteiger charge is -2.28. The third kappa shape index (κ3) is 4.06. The summed E-state index contributed by atoms with van der Waals surface area (Å²) < 4.78 is 5.47. The molecule has 3 rings (SSSR count). The highest BCUT2D eigenvalue weighted by Crippen LogP contribution is 2.29. The van der Waals surface area contributed by atoms with E-state index in [0.717, 1.165) is 11.1 Å². The van der Waals surface area contributed by atoms with Gasteiger partial charge in [-0.1, -0.05) is 53.6 Å². The van der Waals surface area contributed by atoms with Crippen LogP contribution in [0.25, 0.3) is 0 Å². The smallest absolute Gasteiger partial charge is 0.338 e. The van der Waals surface area contributed by atoms with E-state index in [1.807, 2.05) is 37.3 Å². The standard InChI is InChI=1S/C20H19ClN2O3/c1-12-6-8-14(9-7-12)11-26-19(24)17-13(2)22-20(25)23-18(17)15-4-3-5-16(21)10-15/h3-10,18H,11H2,1-2H3,(H2,22,23,25)/t18-/m0/s1. The molecular formula is C20H19ClN2O3. The summed E-state index contributed by atoms with van der Waals surface area (Å²) in [5.41, 5.74) is 3.58. The number of rotatable bonds is 4. The molecule has 0 saturated carbocycles. The number of hydrogen-bond donors (Lipinski definition) is 2. The minimum Gasteiger partial charge on any atom is -0.457 e. The van der Waals surface area contributed by atoms with Gasteiger partial charge in [0.2, 0.25) is 0 Å². The van der Waals surface area contributed by atoms with E-state index in [-0.39, 0.29) is 12.6 Å². The molecule has 5 nitrogen and oxygen atoms in total. The van der Waals surface area contributed by atoms with Crippen LogP contribution in [0.5, 0.6) is 0 Å². The zero-order chi connectivity index (χ0) is 18.7. The van der Waals surface area contributed by atoms with Crippen molar-refractivity contribution >= 4 is 23.6 Å². The van der Waals surface area contributed by atoms with Gasteiger partial charge in [0.05, 0.1) is 11.6 Å². The molecule has 26 heavy (non-hydrogen) atoms. The van der Waals surface area contributed by atoms with Gasteiger partial charge < -0.3 is 15.4 Å². The highest BCUT2D eigenvalue weighted by atomic mass is 35.5. The lowest BCUT2D eigenvalue weighted by Crippen LogP contribution is -2.45. The number of halogens is 1. The molecule has 0 bridgehead atoms. The van der Waals surface area contributed by atoms with Crippen molar-refractivity contribution in [2.24, 2.45) is 0 Å². The molecule has 0 saturated heterocycles. The lowest BCUT2D eigenvalue weighted by molar-refractivity contribution is -0.140. The molecule has 1 heterocycles. The molecule has 1 aliphatic heterocycles. The molecule has 2 aromatic carbocycles. The largest absolute Gasteiger partial charge is 0.457 e. The monoisotopic (exact) mass is 370 g/mol. The van der Waals surface area contributed by atoms with Crippen LogP contribution < -0.4 is 10.6 Å². The average Bonchev–Trinajstić information content (AvgIpc) is 2.60. The van der Waals surface area contributed by atoms with Gasteiger partial charge in [0.1, 0.15) is 6.61 Å². The van der Waals surface area contributed by atoms with Crippen LogP contribution in [0, 0.1) is 6.92 Å². The van der Waals surface area contributed by atoms with E-state index in [2.05, 4.69) is 10.6 Å². The Kier molecular flexibility index (Phi) is 5.28. The second kappa shape index (κ2) is 7.62. The number of hydrogen-bond acceptors (Lipinski definition) is 3. The number of esters is 1. The highest BCUT2D eigenvalue weighted by Gasteiger charge is 2.32. The van der Waals surface area contributed by atoms with E-state index >= 15 is 0 Å². The van der Waals surface area contributed by atoms with E-state index in [1.54, 1.807) is 25.1 Å². The first-order valence-corrected chi connectivity index (χ1v) is 8.58. The van der Waals surface area contributed by atoms with Crippen LogP contribution in [0.1, 0.15) is 29.7 Å². The molecule has 0 unspecified atom stereocenters. The van der Waals surface area contributed by atoms with E-state index in [4.69, 9.17) is 16.3 Å². The zero-order valence-electron chi connectivity index (χ0n) is 14.5. The maximum absolute atomic E-state index is 12.7. The Morgan fingerprint density at radius 3 is 2.58 bits per heavy atom. The van der Waals surface area contributed by atoms with Gasteiger partial charge >= 0.3 is 12.0 Å². The van der Waals surface area contributed by atoms with Crippen LogP contribution in [0.3, 0.4) is 0 Å². The van der Waals surface area contributed by atoms with Crippen LogP contribution in [0.15, 0.2) is 59.8 Å². The van der Waals surface area contributed by atoms with Gasteiger partial charge in [0, 0.05) is 10.7 Å². The van der Waals surface area contributed by atoms with Gasteiger partial charge in [-0.05, 0) is 37.1 Å². The Morgan fingerprint density at radius 2 is 1.88 bits per heavy atom.